The third kappa shape index (κ3) is 296. The van der Waals surface area contributed by atoms with Gasteiger partial charge in [-0.05, 0) is 18.5 Å². The maximum Gasteiger partial charge on any atom is 0.341 e. The average molecular weight is 870 g/mol. The topological polar surface area (TPSA) is 0 Å². The van der Waals surface area contributed by atoms with Crippen LogP contribution >= 0.6 is 99.7 Å². The van der Waals surface area contributed by atoms with Crippen LogP contribution in [0, 0.1) is 0 Å². The summed E-state index contributed by atoms with van der Waals surface area (Å²) in [7, 11) is 0. The predicted octanol–water partition coefficient (Wildman–Crippen LogP) is 14.2. The van der Waals surface area contributed by atoms with Gasteiger partial charge in [0.15, 0.2) is 0 Å². The quantitative estimate of drug-likeness (QED) is 0.151. The van der Waals surface area contributed by atoms with Crippen LogP contribution < -0.4 is 0 Å². The Balaban J connectivity index is -0.0000000114. The summed E-state index contributed by atoms with van der Waals surface area (Å²) < 4.78 is 0. The first-order valence-corrected chi connectivity index (χ1v) is 22.6. The number of hydrogen-bond donors (Lipinski definition) is 0. The van der Waals surface area contributed by atoms with Gasteiger partial charge in [0.05, 0.1) is 0 Å². The van der Waals surface area contributed by atoms with Crippen molar-refractivity contribution in [1.29, 1.82) is 0 Å². The number of rotatable bonds is 3. The van der Waals surface area contributed by atoms with E-state index in [9.17, 15) is 0 Å². The van der Waals surface area contributed by atoms with Gasteiger partial charge in [-0.3, -0.25) is 0 Å². The molecule has 0 radical (unpaired) electrons. The minimum absolute atomic E-state index is 0. The van der Waals surface area contributed by atoms with Crippen LogP contribution in [0.1, 0.15) is 99.4 Å². The first kappa shape index (κ1) is 83.7. The molecule has 0 nitrogen and oxygen atoms in total. The molecule has 0 atom stereocenters. The van der Waals surface area contributed by atoms with Crippen LogP contribution in [0.25, 0.3) is 0 Å². The maximum absolute atomic E-state index is 5.39. The molecule has 0 unspecified atom stereocenters. The Labute approximate surface area is 261 Å². The van der Waals surface area contributed by atoms with Crippen LogP contribution in [0.4, 0.5) is 0 Å². The fourth-order valence-corrected chi connectivity index (χ4v) is 0. The van der Waals surface area contributed by atoms with Crippen molar-refractivity contribution < 1.29 is 21.1 Å². The summed E-state index contributed by atoms with van der Waals surface area (Å²) in [6.07, 6.45) is 4.21. The van der Waals surface area contributed by atoms with E-state index in [1.807, 2.05) is 19.9 Å². The minimum atomic E-state index is -2.21. The van der Waals surface area contributed by atoms with Crippen molar-refractivity contribution in [3.05, 3.63) is 12.7 Å². The molecule has 0 N–H and O–H groups in total. The van der Waals surface area contributed by atoms with E-state index in [2.05, 4.69) is 27.4 Å². The van der Waals surface area contributed by atoms with Gasteiger partial charge in [-0.1, -0.05) is 99.1 Å². The maximum atomic E-state index is 5.39. The SMILES string of the molecule is C.C.C.C.C.C.C.C=CCC.CCC.CC[Si](Cl)(Cl)Cl.CC[Si](Cl)(Cl)Cl.Cl[SiH](Cl)Cl.[Pt]. The van der Waals surface area contributed by atoms with E-state index >= 15 is 0 Å². The van der Waals surface area contributed by atoms with E-state index < -0.39 is 18.7 Å². The van der Waals surface area contributed by atoms with E-state index in [1.165, 1.54) is 6.42 Å². The first-order valence-electron chi connectivity index (χ1n) is 6.85. The van der Waals surface area contributed by atoms with Crippen molar-refractivity contribution in [2.24, 2.45) is 0 Å². The standard InChI is InChI=1S/C4H8.C3H8.2C2H5Cl3Si.7CH4.Cl3HSi.Pt/c1-3-4-2;1-3-2;2*1-2-6(3,4)5;;;;;;;;1-4(2)3;/h3H,1,4H2,2H3;3H2,1-2H3;2*2H2,1H3;7*1H4;4H;. The molecule has 0 rings (SSSR count). The summed E-state index contributed by atoms with van der Waals surface area (Å²) in [5.74, 6) is 0. The molecule has 0 aliphatic heterocycles. The summed E-state index contributed by atoms with van der Waals surface area (Å²) in [6.45, 7) is 11.8. The smallest absolute Gasteiger partial charge is 0.130 e. The molecule has 0 saturated carbocycles. The second kappa shape index (κ2) is 64.2. The fourth-order valence-electron chi connectivity index (χ4n) is 0. The molecule has 0 saturated heterocycles. The van der Waals surface area contributed by atoms with Gasteiger partial charge in [0.1, 0.15) is 0 Å². The Morgan fingerprint density at radius 1 is 0.613 bits per heavy atom. The van der Waals surface area contributed by atoms with E-state index in [1.54, 1.807) is 0 Å². The van der Waals surface area contributed by atoms with Gasteiger partial charge in [0.2, 0.25) is 0 Å². The minimum Gasteiger partial charge on any atom is -0.130 e. The normalized spacial score (nSPS) is 7.19. The van der Waals surface area contributed by atoms with Gasteiger partial charge in [-0.15, -0.1) is 106 Å². The van der Waals surface area contributed by atoms with Gasteiger partial charge in [0.25, 0.3) is 0 Å². The van der Waals surface area contributed by atoms with E-state index in [0.29, 0.717) is 12.1 Å². The van der Waals surface area contributed by atoms with Gasteiger partial charge in [-0.2, -0.15) is 0 Å². The van der Waals surface area contributed by atoms with Crippen molar-refractivity contribution in [3.8, 4) is 0 Å². The zero-order valence-electron chi connectivity index (χ0n) is 14.4. The molecular formula is C18H55Cl9PtSi3. The van der Waals surface area contributed by atoms with E-state index in [4.69, 9.17) is 99.7 Å². The molecule has 0 aromatic heterocycles. The van der Waals surface area contributed by atoms with Gasteiger partial charge in [0, 0.05) is 21.1 Å². The van der Waals surface area contributed by atoms with Crippen LogP contribution in [0.5, 0.6) is 0 Å². The molecule has 0 heterocycles. The molecule has 0 amide bonds. The van der Waals surface area contributed by atoms with Gasteiger partial charge < -0.3 is 0 Å². The third-order valence-electron chi connectivity index (χ3n) is 1.09. The summed E-state index contributed by atoms with van der Waals surface area (Å²) in [5, 5.41) is 0. The zero-order valence-corrected chi connectivity index (χ0v) is 26.6. The average Bonchev–Trinajstić information content (AvgIpc) is 2.38. The second-order valence-electron chi connectivity index (χ2n) is 3.59. The molecular weight excluding hydrogens is 815 g/mol. The van der Waals surface area contributed by atoms with E-state index in [0.717, 1.165) is 6.42 Å². The molecule has 0 fully saturated rings. The Bertz CT molecular complexity index is 202. The van der Waals surface area contributed by atoms with Crippen LogP contribution in [0.3, 0.4) is 0 Å². The van der Waals surface area contributed by atoms with E-state index in [-0.39, 0.29) is 73.1 Å². The monoisotopic (exact) mass is 865 g/mol. The van der Waals surface area contributed by atoms with Crippen molar-refractivity contribution in [3.63, 3.8) is 0 Å². The Hall–Kier alpha value is 3.69. The number of allylic oxidation sites excluding steroid dienone is 1. The molecule has 0 aliphatic carbocycles. The van der Waals surface area contributed by atoms with Crippen molar-refractivity contribution in [2.45, 2.75) is 112 Å². The Morgan fingerprint density at radius 3 is 0.677 bits per heavy atom. The van der Waals surface area contributed by atoms with Crippen LogP contribution in [-0.4, -0.2) is 18.7 Å². The van der Waals surface area contributed by atoms with Crippen molar-refractivity contribution >= 4 is 118 Å². The fraction of sp³-hybridized carbons (Fsp3) is 0.889. The summed E-state index contributed by atoms with van der Waals surface area (Å²) in [5.41, 5.74) is 0. The van der Waals surface area contributed by atoms with Crippen molar-refractivity contribution in [1.82, 2.24) is 0 Å². The number of hydrogen-bond acceptors (Lipinski definition) is 0. The van der Waals surface area contributed by atoms with Gasteiger partial charge in [-0.25, -0.2) is 0 Å². The molecule has 212 valence electrons. The zero-order chi connectivity index (χ0) is 20.1. The van der Waals surface area contributed by atoms with Crippen LogP contribution in [0.2, 0.25) is 12.1 Å². The Morgan fingerprint density at radius 2 is 0.677 bits per heavy atom. The molecule has 0 aromatic rings. The molecule has 0 aliphatic rings. The third-order valence-corrected chi connectivity index (χ3v) is 7.50. The second-order valence-corrected chi connectivity index (χ2v) is 29.0. The first-order chi connectivity index (χ1) is 10.2. The van der Waals surface area contributed by atoms with Crippen molar-refractivity contribution in [2.75, 3.05) is 0 Å². The molecule has 0 aromatic carbocycles. The predicted molar refractivity (Wildman–Crippen MR) is 176 cm³/mol. The molecule has 31 heavy (non-hydrogen) atoms. The molecule has 13 heteroatoms. The molecule has 0 bridgehead atoms. The van der Waals surface area contributed by atoms with Crippen LogP contribution in [0.15, 0.2) is 12.7 Å². The Kier molecular flexibility index (Phi) is 173. The molecule has 0 spiro atoms. The van der Waals surface area contributed by atoms with Crippen LogP contribution in [-0.2, 0) is 21.1 Å². The van der Waals surface area contributed by atoms with Gasteiger partial charge >= 0.3 is 18.7 Å². The summed E-state index contributed by atoms with van der Waals surface area (Å²) in [6, 6.07) is -3.02. The summed E-state index contributed by atoms with van der Waals surface area (Å²) >= 11 is 47.2. The largest absolute Gasteiger partial charge is 0.341 e. The summed E-state index contributed by atoms with van der Waals surface area (Å²) in [4.78, 5) is 0. The number of halogens is 9.